The maximum Gasteiger partial charge on any atom is 0.151 e. The average Bonchev–Trinajstić information content (AvgIpc) is 3.12. The van der Waals surface area contributed by atoms with Gasteiger partial charge in [0.15, 0.2) is 4.34 Å². The molecular weight excluding hydrogens is 276 g/mol. The summed E-state index contributed by atoms with van der Waals surface area (Å²) in [5.74, 6) is 0.847. The molecule has 0 amide bonds. The van der Waals surface area contributed by atoms with Gasteiger partial charge in [-0.25, -0.2) is 4.98 Å². The maximum atomic E-state index is 9.59. The molecule has 1 unspecified atom stereocenters. The van der Waals surface area contributed by atoms with Crippen LogP contribution in [0.3, 0.4) is 0 Å². The third kappa shape index (κ3) is 3.28. The van der Waals surface area contributed by atoms with Crippen molar-refractivity contribution in [1.82, 2.24) is 10.3 Å². The number of para-hydroxylation sites is 1. The van der Waals surface area contributed by atoms with Crippen LogP contribution >= 0.6 is 23.1 Å². The van der Waals surface area contributed by atoms with Crippen LogP contribution in [-0.4, -0.2) is 34.0 Å². The van der Waals surface area contributed by atoms with Crippen molar-refractivity contribution in [2.45, 2.75) is 35.7 Å². The summed E-state index contributed by atoms with van der Waals surface area (Å²) in [6.07, 6.45) is 2.47. The summed E-state index contributed by atoms with van der Waals surface area (Å²) in [5, 5.41) is 13.1. The molecule has 19 heavy (non-hydrogen) atoms. The minimum Gasteiger partial charge on any atom is -0.394 e. The summed E-state index contributed by atoms with van der Waals surface area (Å²) in [7, 11) is 0. The minimum absolute atomic E-state index is 0.168. The van der Waals surface area contributed by atoms with Gasteiger partial charge in [0.05, 0.1) is 16.8 Å². The molecule has 0 radical (unpaired) electrons. The van der Waals surface area contributed by atoms with Crippen molar-refractivity contribution in [3.8, 4) is 0 Å². The first-order valence-electron chi connectivity index (χ1n) is 6.55. The van der Waals surface area contributed by atoms with E-state index in [1.165, 1.54) is 17.5 Å². The first-order valence-corrected chi connectivity index (χ1v) is 8.36. The van der Waals surface area contributed by atoms with Gasteiger partial charge in [-0.3, -0.25) is 0 Å². The van der Waals surface area contributed by atoms with Gasteiger partial charge in [-0.15, -0.1) is 11.3 Å². The molecule has 2 aromatic rings. The Morgan fingerprint density at radius 2 is 2.26 bits per heavy atom. The Bertz CT molecular complexity index is 534. The number of hydrogen-bond donors (Lipinski definition) is 2. The third-order valence-corrected chi connectivity index (χ3v) is 5.82. The summed E-state index contributed by atoms with van der Waals surface area (Å²) in [5.41, 5.74) is 0.861. The number of thiazole rings is 1. The molecule has 0 saturated heterocycles. The van der Waals surface area contributed by atoms with Crippen LogP contribution in [-0.2, 0) is 0 Å². The second-order valence-electron chi connectivity index (χ2n) is 5.37. The molecule has 1 heterocycles. The van der Waals surface area contributed by atoms with Crippen LogP contribution in [0.25, 0.3) is 10.2 Å². The summed E-state index contributed by atoms with van der Waals surface area (Å²) >= 11 is 3.46. The van der Waals surface area contributed by atoms with Gasteiger partial charge in [0.25, 0.3) is 0 Å². The van der Waals surface area contributed by atoms with Crippen molar-refractivity contribution < 1.29 is 5.11 Å². The Morgan fingerprint density at radius 3 is 2.95 bits per heavy atom. The lowest BCUT2D eigenvalue weighted by Crippen LogP contribution is -2.49. The molecular formula is C14H18N2OS2. The number of aliphatic hydroxyl groups is 1. The van der Waals surface area contributed by atoms with Crippen LogP contribution in [0.5, 0.6) is 0 Å². The molecule has 0 bridgehead atoms. The summed E-state index contributed by atoms with van der Waals surface area (Å²) in [4.78, 5) is 4.62. The van der Waals surface area contributed by atoms with Crippen molar-refractivity contribution in [3.63, 3.8) is 0 Å². The SMILES string of the molecule is CC(CO)(CSc1nc2ccccc2s1)NC1CC1. The zero-order valence-electron chi connectivity index (χ0n) is 10.9. The molecule has 0 aliphatic heterocycles. The van der Waals surface area contributed by atoms with Gasteiger partial charge in [0, 0.05) is 17.3 Å². The number of aromatic nitrogens is 1. The zero-order chi connectivity index (χ0) is 13.3. The third-order valence-electron chi connectivity index (χ3n) is 3.27. The molecule has 1 atom stereocenters. The van der Waals surface area contributed by atoms with E-state index in [1.54, 1.807) is 23.1 Å². The number of benzene rings is 1. The monoisotopic (exact) mass is 294 g/mol. The Morgan fingerprint density at radius 1 is 1.47 bits per heavy atom. The van der Waals surface area contributed by atoms with Gasteiger partial charge in [-0.1, -0.05) is 23.9 Å². The number of fused-ring (bicyclic) bond motifs is 1. The highest BCUT2D eigenvalue weighted by Gasteiger charge is 2.32. The number of hydrogen-bond acceptors (Lipinski definition) is 5. The lowest BCUT2D eigenvalue weighted by atomic mass is 10.1. The highest BCUT2D eigenvalue weighted by Crippen LogP contribution is 2.32. The first kappa shape index (κ1) is 13.4. The fourth-order valence-corrected chi connectivity index (χ4v) is 4.15. The lowest BCUT2D eigenvalue weighted by molar-refractivity contribution is 0.190. The maximum absolute atomic E-state index is 9.59. The van der Waals surface area contributed by atoms with Crippen molar-refractivity contribution in [3.05, 3.63) is 24.3 Å². The number of aliphatic hydroxyl groups excluding tert-OH is 1. The van der Waals surface area contributed by atoms with Crippen molar-refractivity contribution in [2.75, 3.05) is 12.4 Å². The number of thioether (sulfide) groups is 1. The smallest absolute Gasteiger partial charge is 0.151 e. The van der Waals surface area contributed by atoms with Crippen LogP contribution in [0.4, 0.5) is 0 Å². The van der Waals surface area contributed by atoms with Crippen molar-refractivity contribution in [2.24, 2.45) is 0 Å². The van der Waals surface area contributed by atoms with E-state index in [0.717, 1.165) is 15.6 Å². The summed E-state index contributed by atoms with van der Waals surface area (Å²) < 4.78 is 2.31. The fourth-order valence-electron chi connectivity index (χ4n) is 1.99. The van der Waals surface area contributed by atoms with E-state index >= 15 is 0 Å². The second-order valence-corrected chi connectivity index (χ2v) is 7.63. The molecule has 1 fully saturated rings. The standard InChI is InChI=1S/C14H18N2OS2/c1-14(8-17,16-10-6-7-10)9-18-13-15-11-4-2-3-5-12(11)19-13/h2-5,10,16-17H,6-9H2,1H3. The fraction of sp³-hybridized carbons (Fsp3) is 0.500. The minimum atomic E-state index is -0.205. The number of nitrogens with zero attached hydrogens (tertiary/aromatic N) is 1. The highest BCUT2D eigenvalue weighted by atomic mass is 32.2. The molecule has 1 aliphatic carbocycles. The van der Waals surface area contributed by atoms with E-state index in [0.29, 0.717) is 6.04 Å². The van der Waals surface area contributed by atoms with Gasteiger partial charge in [0.1, 0.15) is 0 Å². The van der Waals surface area contributed by atoms with E-state index in [1.807, 2.05) is 18.2 Å². The molecule has 102 valence electrons. The van der Waals surface area contributed by atoms with Gasteiger partial charge in [0.2, 0.25) is 0 Å². The summed E-state index contributed by atoms with van der Waals surface area (Å²) in [6.45, 7) is 2.26. The van der Waals surface area contributed by atoms with Crippen molar-refractivity contribution >= 4 is 33.3 Å². The molecule has 0 spiro atoms. The van der Waals surface area contributed by atoms with Crippen LogP contribution in [0.2, 0.25) is 0 Å². The Labute approximate surface area is 121 Å². The number of rotatable bonds is 6. The normalized spacial score (nSPS) is 18.6. The Hall–Kier alpha value is -0.620. The predicted octanol–water partition coefficient (Wildman–Crippen LogP) is 2.89. The topological polar surface area (TPSA) is 45.2 Å². The molecule has 5 heteroatoms. The van der Waals surface area contributed by atoms with Crippen molar-refractivity contribution in [1.29, 1.82) is 0 Å². The molecule has 1 saturated carbocycles. The van der Waals surface area contributed by atoms with E-state index < -0.39 is 0 Å². The molecule has 3 rings (SSSR count). The largest absolute Gasteiger partial charge is 0.394 e. The molecule has 3 nitrogen and oxygen atoms in total. The van der Waals surface area contributed by atoms with Gasteiger partial charge in [-0.2, -0.15) is 0 Å². The van der Waals surface area contributed by atoms with Crippen LogP contribution in [0, 0.1) is 0 Å². The van der Waals surface area contributed by atoms with Crippen LogP contribution in [0.15, 0.2) is 28.6 Å². The van der Waals surface area contributed by atoms with Crippen LogP contribution < -0.4 is 5.32 Å². The highest BCUT2D eigenvalue weighted by molar-refractivity contribution is 8.01. The molecule has 1 aromatic heterocycles. The Kier molecular flexibility index (Phi) is 3.80. The lowest BCUT2D eigenvalue weighted by Gasteiger charge is -2.28. The zero-order valence-corrected chi connectivity index (χ0v) is 12.6. The average molecular weight is 294 g/mol. The van der Waals surface area contributed by atoms with Gasteiger partial charge in [-0.05, 0) is 31.9 Å². The first-order chi connectivity index (χ1) is 9.18. The van der Waals surface area contributed by atoms with Gasteiger partial charge < -0.3 is 10.4 Å². The predicted molar refractivity (Wildman–Crippen MR) is 82.0 cm³/mol. The quantitative estimate of drug-likeness (QED) is 0.804. The van der Waals surface area contributed by atoms with E-state index in [9.17, 15) is 5.11 Å². The van der Waals surface area contributed by atoms with Crippen LogP contribution in [0.1, 0.15) is 19.8 Å². The molecule has 1 aliphatic rings. The summed E-state index contributed by atoms with van der Waals surface area (Å²) in [6, 6.07) is 8.81. The van der Waals surface area contributed by atoms with E-state index in [4.69, 9.17) is 0 Å². The van der Waals surface area contributed by atoms with E-state index in [-0.39, 0.29) is 12.1 Å². The second kappa shape index (κ2) is 5.40. The molecule has 2 N–H and O–H groups in total. The number of nitrogens with one attached hydrogen (secondary N) is 1. The van der Waals surface area contributed by atoms with E-state index in [2.05, 4.69) is 23.3 Å². The Balaban J connectivity index is 1.66. The molecule has 1 aromatic carbocycles. The van der Waals surface area contributed by atoms with Gasteiger partial charge >= 0.3 is 0 Å².